The molecule has 5 heteroatoms. The molecule has 0 aliphatic rings. The topological polar surface area (TPSA) is 51.0 Å². The lowest BCUT2D eigenvalue weighted by Crippen LogP contribution is -1.96. The number of hydrogen-bond acceptors (Lipinski definition) is 5. The number of aromatic nitrogens is 2. The number of nitrogens with one attached hydrogen (secondary N) is 1. The summed E-state index contributed by atoms with van der Waals surface area (Å²) in [7, 11) is 0. The van der Waals surface area contributed by atoms with Crippen molar-refractivity contribution in [1.29, 1.82) is 0 Å². The molecule has 2 rings (SSSR count). The highest BCUT2D eigenvalue weighted by atomic mass is 32.1. The Kier molecular flexibility index (Phi) is 2.27. The smallest absolute Gasteiger partial charge is 0.169 e. The molecule has 0 atom stereocenters. The van der Waals surface area contributed by atoms with Gasteiger partial charge in [0.2, 0.25) is 0 Å². The van der Waals surface area contributed by atoms with Gasteiger partial charge in [0.1, 0.15) is 5.76 Å². The van der Waals surface area contributed by atoms with Crippen molar-refractivity contribution in [3.8, 4) is 0 Å². The number of thiazole rings is 1. The Morgan fingerprint density at radius 3 is 3.15 bits per heavy atom. The Morgan fingerprint density at radius 2 is 2.54 bits per heavy atom. The van der Waals surface area contributed by atoms with Crippen LogP contribution in [-0.4, -0.2) is 10.1 Å². The number of anilines is 1. The van der Waals surface area contributed by atoms with Gasteiger partial charge in [0, 0.05) is 17.1 Å². The van der Waals surface area contributed by atoms with Crippen molar-refractivity contribution in [1.82, 2.24) is 10.1 Å². The van der Waals surface area contributed by atoms with Crippen molar-refractivity contribution >= 4 is 17.2 Å². The zero-order valence-electron chi connectivity index (χ0n) is 7.15. The Bertz CT molecular complexity index is 368. The Morgan fingerprint density at radius 1 is 1.62 bits per heavy atom. The van der Waals surface area contributed by atoms with Gasteiger partial charge < -0.3 is 9.84 Å². The molecule has 0 bridgehead atoms. The summed E-state index contributed by atoms with van der Waals surface area (Å²) in [4.78, 5) is 5.16. The fourth-order valence-corrected chi connectivity index (χ4v) is 1.49. The van der Waals surface area contributed by atoms with Crippen molar-refractivity contribution in [3.05, 3.63) is 28.4 Å². The van der Waals surface area contributed by atoms with Gasteiger partial charge in [-0.3, -0.25) is 4.98 Å². The predicted octanol–water partition coefficient (Wildman–Crippen LogP) is 2.05. The van der Waals surface area contributed by atoms with E-state index in [9.17, 15) is 0 Å². The van der Waals surface area contributed by atoms with Crippen molar-refractivity contribution < 1.29 is 4.52 Å². The van der Waals surface area contributed by atoms with E-state index >= 15 is 0 Å². The quantitative estimate of drug-likeness (QED) is 0.814. The summed E-state index contributed by atoms with van der Waals surface area (Å²) < 4.78 is 4.91. The minimum absolute atomic E-state index is 0.747. The van der Waals surface area contributed by atoms with Crippen LogP contribution >= 0.6 is 11.3 Å². The van der Waals surface area contributed by atoms with E-state index in [0.717, 1.165) is 18.1 Å². The molecule has 0 radical (unpaired) electrons. The second kappa shape index (κ2) is 3.57. The van der Waals surface area contributed by atoms with Gasteiger partial charge in [-0.05, 0) is 6.92 Å². The number of rotatable bonds is 3. The molecule has 0 aliphatic heterocycles. The molecular weight excluding hydrogens is 186 g/mol. The molecule has 2 heterocycles. The van der Waals surface area contributed by atoms with Crippen LogP contribution in [0.25, 0.3) is 0 Å². The molecule has 13 heavy (non-hydrogen) atoms. The van der Waals surface area contributed by atoms with Crippen LogP contribution in [0.15, 0.2) is 22.3 Å². The van der Waals surface area contributed by atoms with E-state index in [-0.39, 0.29) is 0 Å². The molecule has 0 amide bonds. The summed E-state index contributed by atoms with van der Waals surface area (Å²) >= 11 is 1.62. The second-order valence-corrected chi connectivity index (χ2v) is 3.61. The third-order valence-corrected chi connectivity index (χ3v) is 2.33. The van der Waals surface area contributed by atoms with E-state index < -0.39 is 0 Å². The van der Waals surface area contributed by atoms with Crippen molar-refractivity contribution in [2.45, 2.75) is 13.5 Å². The van der Waals surface area contributed by atoms with Crippen LogP contribution in [-0.2, 0) is 6.54 Å². The molecule has 4 nitrogen and oxygen atoms in total. The molecule has 0 aliphatic carbocycles. The van der Waals surface area contributed by atoms with Crippen LogP contribution in [0.5, 0.6) is 0 Å². The van der Waals surface area contributed by atoms with Crippen LogP contribution in [0.4, 0.5) is 5.82 Å². The maximum atomic E-state index is 4.91. The van der Waals surface area contributed by atoms with Crippen LogP contribution in [0.3, 0.4) is 0 Å². The summed E-state index contributed by atoms with van der Waals surface area (Å²) in [5.74, 6) is 1.58. The molecular formula is C8H9N3OS. The lowest BCUT2D eigenvalue weighted by Gasteiger charge is -1.96. The maximum absolute atomic E-state index is 4.91. The first-order valence-corrected chi connectivity index (χ1v) is 4.77. The Hall–Kier alpha value is -1.36. The predicted molar refractivity (Wildman–Crippen MR) is 50.7 cm³/mol. The number of nitrogens with zero attached hydrogens (tertiary/aromatic N) is 2. The average molecular weight is 195 g/mol. The van der Waals surface area contributed by atoms with E-state index in [4.69, 9.17) is 4.52 Å². The van der Waals surface area contributed by atoms with E-state index in [1.54, 1.807) is 11.3 Å². The Labute approximate surface area is 79.6 Å². The standard InChI is InChI=1S/C8H9N3OS/c1-6-2-8(11-12-6)10-4-7-3-9-5-13-7/h2-3,5H,4H2,1H3,(H,10,11). The van der Waals surface area contributed by atoms with Gasteiger partial charge in [0.25, 0.3) is 0 Å². The third kappa shape index (κ3) is 2.06. The molecule has 2 aromatic rings. The number of aryl methyl sites for hydroxylation is 1. The molecule has 0 fully saturated rings. The van der Waals surface area contributed by atoms with Crippen LogP contribution in [0.2, 0.25) is 0 Å². The monoisotopic (exact) mass is 195 g/mol. The van der Waals surface area contributed by atoms with Crippen molar-refractivity contribution in [2.24, 2.45) is 0 Å². The molecule has 2 aromatic heterocycles. The van der Waals surface area contributed by atoms with E-state index in [1.165, 1.54) is 4.88 Å². The maximum Gasteiger partial charge on any atom is 0.169 e. The van der Waals surface area contributed by atoms with Crippen LogP contribution in [0.1, 0.15) is 10.6 Å². The molecule has 0 aromatic carbocycles. The van der Waals surface area contributed by atoms with Crippen molar-refractivity contribution in [2.75, 3.05) is 5.32 Å². The fraction of sp³-hybridized carbons (Fsp3) is 0.250. The SMILES string of the molecule is Cc1cc(NCc2cncs2)no1. The molecule has 0 spiro atoms. The fourth-order valence-electron chi connectivity index (χ4n) is 0.957. The summed E-state index contributed by atoms with van der Waals surface area (Å²) in [5.41, 5.74) is 1.81. The van der Waals surface area contributed by atoms with Gasteiger partial charge in [-0.2, -0.15) is 0 Å². The molecule has 0 unspecified atom stereocenters. The summed E-state index contributed by atoms with van der Waals surface area (Å²) in [5, 5.41) is 6.95. The first-order chi connectivity index (χ1) is 6.34. The van der Waals surface area contributed by atoms with E-state index in [1.807, 2.05) is 24.7 Å². The molecule has 68 valence electrons. The highest BCUT2D eigenvalue weighted by Gasteiger charge is 1.99. The van der Waals surface area contributed by atoms with E-state index in [2.05, 4.69) is 15.5 Å². The first-order valence-electron chi connectivity index (χ1n) is 3.89. The highest BCUT2D eigenvalue weighted by Crippen LogP contribution is 2.11. The van der Waals surface area contributed by atoms with Gasteiger partial charge >= 0.3 is 0 Å². The van der Waals surface area contributed by atoms with Gasteiger partial charge in [-0.15, -0.1) is 11.3 Å². The largest absolute Gasteiger partial charge is 0.362 e. The summed E-state index contributed by atoms with van der Waals surface area (Å²) in [6, 6.07) is 1.86. The lowest BCUT2D eigenvalue weighted by molar-refractivity contribution is 0.399. The zero-order chi connectivity index (χ0) is 9.10. The third-order valence-electron chi connectivity index (χ3n) is 1.56. The van der Waals surface area contributed by atoms with Gasteiger partial charge in [0.05, 0.1) is 12.1 Å². The minimum atomic E-state index is 0.747. The van der Waals surface area contributed by atoms with Crippen molar-refractivity contribution in [3.63, 3.8) is 0 Å². The molecule has 1 N–H and O–H groups in total. The summed E-state index contributed by atoms with van der Waals surface area (Å²) in [6.45, 7) is 2.61. The molecule has 0 saturated carbocycles. The Balaban J connectivity index is 1.93. The van der Waals surface area contributed by atoms with Gasteiger partial charge in [0.15, 0.2) is 5.82 Å². The van der Waals surface area contributed by atoms with Gasteiger partial charge in [-0.1, -0.05) is 5.16 Å². The van der Waals surface area contributed by atoms with Gasteiger partial charge in [-0.25, -0.2) is 0 Å². The second-order valence-electron chi connectivity index (χ2n) is 2.64. The van der Waals surface area contributed by atoms with Crippen LogP contribution < -0.4 is 5.32 Å². The number of hydrogen-bond donors (Lipinski definition) is 1. The summed E-state index contributed by atoms with van der Waals surface area (Å²) in [6.07, 6.45) is 1.84. The first kappa shape index (κ1) is 8.25. The molecule has 0 saturated heterocycles. The zero-order valence-corrected chi connectivity index (χ0v) is 7.97. The minimum Gasteiger partial charge on any atom is -0.362 e. The lowest BCUT2D eigenvalue weighted by atomic mass is 10.4. The normalized spacial score (nSPS) is 10.2. The van der Waals surface area contributed by atoms with Crippen LogP contribution in [0, 0.1) is 6.92 Å². The average Bonchev–Trinajstić information content (AvgIpc) is 2.71. The highest BCUT2D eigenvalue weighted by molar-refractivity contribution is 7.09. The van der Waals surface area contributed by atoms with E-state index in [0.29, 0.717) is 0 Å².